The fourth-order valence-corrected chi connectivity index (χ4v) is 1.50. The summed E-state index contributed by atoms with van der Waals surface area (Å²) in [5, 5.41) is 9.46. The summed E-state index contributed by atoms with van der Waals surface area (Å²) in [5.41, 5.74) is 0. The van der Waals surface area contributed by atoms with Crippen LogP contribution in [0.1, 0.15) is 42.1 Å². The molecule has 1 aliphatic carbocycles. The van der Waals surface area contributed by atoms with Crippen LogP contribution in [0.3, 0.4) is 0 Å². The van der Waals surface area contributed by atoms with Gasteiger partial charge >= 0.3 is 0 Å². The van der Waals surface area contributed by atoms with Crippen LogP contribution in [0.25, 0.3) is 0 Å². The fraction of sp³-hybridized carbons (Fsp3) is 0.700. The maximum absolute atomic E-state index is 11.7. The predicted molar refractivity (Wildman–Crippen MR) is 57.2 cm³/mol. The second-order valence-corrected chi connectivity index (χ2v) is 4.15. The number of aromatic amines is 1. The first-order chi connectivity index (χ1) is 7.70. The highest BCUT2D eigenvalue weighted by atomic mass is 16.5. The Labute approximate surface area is 93.8 Å². The van der Waals surface area contributed by atoms with E-state index in [0.29, 0.717) is 12.5 Å². The molecule has 1 saturated carbocycles. The van der Waals surface area contributed by atoms with Gasteiger partial charge in [-0.15, -0.1) is 5.10 Å². The molecule has 1 heterocycles. The van der Waals surface area contributed by atoms with E-state index in [1.807, 2.05) is 6.92 Å². The molecule has 1 atom stereocenters. The third-order valence-electron chi connectivity index (χ3n) is 2.46. The van der Waals surface area contributed by atoms with Crippen LogP contribution in [0.5, 0.6) is 0 Å². The highest BCUT2D eigenvalue weighted by molar-refractivity contribution is 5.90. The Balaban J connectivity index is 1.92. The normalized spacial score (nSPS) is 17.1. The highest BCUT2D eigenvalue weighted by Crippen LogP contribution is 2.37. The summed E-state index contributed by atoms with van der Waals surface area (Å²) in [7, 11) is 1.60. The molecule has 2 N–H and O–H groups in total. The van der Waals surface area contributed by atoms with Gasteiger partial charge in [0, 0.05) is 19.1 Å². The lowest BCUT2D eigenvalue weighted by atomic mass is 10.3. The first-order valence-electron chi connectivity index (χ1n) is 5.42. The van der Waals surface area contributed by atoms with Crippen molar-refractivity contribution in [3.05, 3.63) is 11.6 Å². The number of aromatic nitrogens is 3. The van der Waals surface area contributed by atoms with Crippen LogP contribution in [-0.4, -0.2) is 40.8 Å². The molecule has 0 spiro atoms. The first-order valence-corrected chi connectivity index (χ1v) is 5.42. The van der Waals surface area contributed by atoms with Crippen molar-refractivity contribution in [3.63, 3.8) is 0 Å². The first kappa shape index (κ1) is 11.1. The molecule has 6 nitrogen and oxygen atoms in total. The lowest BCUT2D eigenvalue weighted by Gasteiger charge is -2.10. The summed E-state index contributed by atoms with van der Waals surface area (Å²) < 4.78 is 4.93. The molecule has 0 bridgehead atoms. The highest BCUT2D eigenvalue weighted by Gasteiger charge is 2.28. The molecule has 1 amide bonds. The predicted octanol–water partition coefficient (Wildman–Crippen LogP) is 0.447. The molecule has 1 aromatic heterocycles. The van der Waals surface area contributed by atoms with E-state index in [4.69, 9.17) is 4.74 Å². The number of carbonyl (C=O) groups excluding carboxylic acids is 1. The van der Waals surface area contributed by atoms with Gasteiger partial charge in [-0.25, -0.2) is 4.98 Å². The van der Waals surface area contributed by atoms with E-state index in [1.165, 1.54) is 0 Å². The number of hydrogen-bond donors (Lipinski definition) is 2. The van der Waals surface area contributed by atoms with Gasteiger partial charge in [0.1, 0.15) is 5.82 Å². The SMILES string of the molecule is COCC(C)NC(=O)c1n[nH]c(C2CC2)n1. The summed E-state index contributed by atoms with van der Waals surface area (Å²) in [6.45, 7) is 2.35. The molecule has 1 aliphatic rings. The summed E-state index contributed by atoms with van der Waals surface area (Å²) >= 11 is 0. The van der Waals surface area contributed by atoms with Crippen molar-refractivity contribution in [3.8, 4) is 0 Å². The van der Waals surface area contributed by atoms with Crippen molar-refractivity contribution in [1.82, 2.24) is 20.5 Å². The molecule has 0 radical (unpaired) electrons. The Bertz CT molecular complexity index is 373. The summed E-state index contributed by atoms with van der Waals surface area (Å²) in [5.74, 6) is 1.26. The van der Waals surface area contributed by atoms with E-state index < -0.39 is 0 Å². The van der Waals surface area contributed by atoms with Gasteiger partial charge in [0.15, 0.2) is 0 Å². The summed E-state index contributed by atoms with van der Waals surface area (Å²) in [6, 6.07) is -0.0413. The molecule has 1 unspecified atom stereocenters. The lowest BCUT2D eigenvalue weighted by Crippen LogP contribution is -2.36. The van der Waals surface area contributed by atoms with Gasteiger partial charge in [-0.1, -0.05) is 0 Å². The minimum absolute atomic E-state index is 0.0413. The Hall–Kier alpha value is -1.43. The van der Waals surface area contributed by atoms with Crippen LogP contribution in [0.2, 0.25) is 0 Å². The minimum atomic E-state index is -0.257. The van der Waals surface area contributed by atoms with E-state index in [1.54, 1.807) is 7.11 Å². The minimum Gasteiger partial charge on any atom is -0.383 e. The quantitative estimate of drug-likeness (QED) is 0.760. The number of hydrogen-bond acceptors (Lipinski definition) is 4. The van der Waals surface area contributed by atoms with Crippen LogP contribution < -0.4 is 5.32 Å². The molecule has 2 rings (SSSR count). The van der Waals surface area contributed by atoms with E-state index in [2.05, 4.69) is 20.5 Å². The van der Waals surface area contributed by atoms with E-state index in [0.717, 1.165) is 18.7 Å². The van der Waals surface area contributed by atoms with Crippen LogP contribution in [0.15, 0.2) is 0 Å². The van der Waals surface area contributed by atoms with E-state index in [9.17, 15) is 4.79 Å². The van der Waals surface area contributed by atoms with Gasteiger partial charge in [0.05, 0.1) is 6.61 Å². The average Bonchev–Trinajstić information content (AvgIpc) is 2.96. The number of carbonyl (C=O) groups is 1. The van der Waals surface area contributed by atoms with Gasteiger partial charge in [-0.3, -0.25) is 9.89 Å². The van der Waals surface area contributed by atoms with Crippen LogP contribution >= 0.6 is 0 Å². The second kappa shape index (κ2) is 4.61. The van der Waals surface area contributed by atoms with Crippen molar-refractivity contribution in [2.24, 2.45) is 0 Å². The van der Waals surface area contributed by atoms with Crippen LogP contribution in [0.4, 0.5) is 0 Å². The molecule has 0 aromatic carbocycles. The number of rotatable bonds is 5. The largest absolute Gasteiger partial charge is 0.383 e. The number of ether oxygens (including phenoxy) is 1. The van der Waals surface area contributed by atoms with E-state index >= 15 is 0 Å². The molecule has 0 saturated heterocycles. The zero-order chi connectivity index (χ0) is 11.5. The number of nitrogens with zero attached hydrogens (tertiary/aromatic N) is 2. The lowest BCUT2D eigenvalue weighted by molar-refractivity contribution is 0.0895. The van der Waals surface area contributed by atoms with Crippen molar-refractivity contribution in [2.75, 3.05) is 13.7 Å². The standard InChI is InChI=1S/C10H16N4O2/c1-6(5-16-2)11-10(15)9-12-8(13-14-9)7-3-4-7/h6-7H,3-5H2,1-2H3,(H,11,15)(H,12,13,14). The zero-order valence-corrected chi connectivity index (χ0v) is 9.49. The third-order valence-corrected chi connectivity index (χ3v) is 2.46. The number of amides is 1. The monoisotopic (exact) mass is 224 g/mol. The Morgan fingerprint density at radius 3 is 3.06 bits per heavy atom. The average molecular weight is 224 g/mol. The van der Waals surface area contributed by atoms with Crippen LogP contribution in [-0.2, 0) is 4.74 Å². The molecule has 16 heavy (non-hydrogen) atoms. The van der Waals surface area contributed by atoms with Gasteiger partial charge in [0.25, 0.3) is 5.91 Å². The van der Waals surface area contributed by atoms with Crippen molar-refractivity contribution < 1.29 is 9.53 Å². The molecular weight excluding hydrogens is 208 g/mol. The van der Waals surface area contributed by atoms with Gasteiger partial charge in [-0.05, 0) is 19.8 Å². The van der Waals surface area contributed by atoms with Gasteiger partial charge < -0.3 is 10.1 Å². The Morgan fingerprint density at radius 2 is 2.44 bits per heavy atom. The van der Waals surface area contributed by atoms with Crippen molar-refractivity contribution in [1.29, 1.82) is 0 Å². The Morgan fingerprint density at radius 1 is 1.69 bits per heavy atom. The Kier molecular flexibility index (Phi) is 3.19. The molecule has 88 valence electrons. The van der Waals surface area contributed by atoms with Gasteiger partial charge in [-0.2, -0.15) is 0 Å². The number of nitrogens with one attached hydrogen (secondary N) is 2. The molecule has 1 fully saturated rings. The van der Waals surface area contributed by atoms with Crippen molar-refractivity contribution >= 4 is 5.91 Å². The maximum Gasteiger partial charge on any atom is 0.291 e. The van der Waals surface area contributed by atoms with E-state index in [-0.39, 0.29) is 17.8 Å². The fourth-order valence-electron chi connectivity index (χ4n) is 1.50. The number of methoxy groups -OCH3 is 1. The molecule has 6 heteroatoms. The van der Waals surface area contributed by atoms with Gasteiger partial charge in [0.2, 0.25) is 5.82 Å². The second-order valence-electron chi connectivity index (χ2n) is 4.15. The zero-order valence-electron chi connectivity index (χ0n) is 9.49. The molecule has 1 aromatic rings. The van der Waals surface area contributed by atoms with Crippen LogP contribution in [0, 0.1) is 0 Å². The smallest absolute Gasteiger partial charge is 0.291 e. The third kappa shape index (κ3) is 2.57. The molecule has 0 aliphatic heterocycles. The van der Waals surface area contributed by atoms with Crippen molar-refractivity contribution in [2.45, 2.75) is 31.7 Å². The summed E-state index contributed by atoms with van der Waals surface area (Å²) in [6.07, 6.45) is 2.27. The molecular formula is C10H16N4O2. The number of H-pyrrole nitrogens is 1. The maximum atomic E-state index is 11.7. The summed E-state index contributed by atoms with van der Waals surface area (Å²) in [4.78, 5) is 15.8. The topological polar surface area (TPSA) is 79.9 Å².